The summed E-state index contributed by atoms with van der Waals surface area (Å²) in [5.74, 6) is 0.831. The number of hydrogen-bond donors (Lipinski definition) is 2. The fourth-order valence-electron chi connectivity index (χ4n) is 2.31. The summed E-state index contributed by atoms with van der Waals surface area (Å²) in [6.45, 7) is 5.84. The molecule has 0 amide bonds. The van der Waals surface area contributed by atoms with Gasteiger partial charge in [0.15, 0.2) is 5.96 Å². The van der Waals surface area contributed by atoms with Gasteiger partial charge in [0.1, 0.15) is 0 Å². The fraction of sp³-hybridized carbons (Fsp3) is 0.412. The van der Waals surface area contributed by atoms with E-state index in [1.807, 2.05) is 6.92 Å². The first-order valence-corrected chi connectivity index (χ1v) is 8.53. The highest BCUT2D eigenvalue weighted by atomic mass is 127. The fourth-order valence-corrected chi connectivity index (χ4v) is 2.95. The summed E-state index contributed by atoms with van der Waals surface area (Å²) < 4.78 is 0. The van der Waals surface area contributed by atoms with Crippen LogP contribution in [0.2, 0.25) is 0 Å². The number of aromatic nitrogens is 1. The van der Waals surface area contributed by atoms with Crippen LogP contribution in [0.15, 0.2) is 34.6 Å². The molecule has 0 aliphatic rings. The van der Waals surface area contributed by atoms with Crippen molar-refractivity contribution >= 4 is 41.3 Å². The Bertz CT molecular complexity index is 625. The molecule has 0 fully saturated rings. The molecule has 0 atom stereocenters. The first-order valence-electron chi connectivity index (χ1n) is 7.65. The summed E-state index contributed by atoms with van der Waals surface area (Å²) in [6, 6.07) is 8.51. The molecule has 0 aliphatic heterocycles. The van der Waals surface area contributed by atoms with E-state index >= 15 is 0 Å². The average Bonchev–Trinajstić information content (AvgIpc) is 2.96. The van der Waals surface area contributed by atoms with Crippen molar-refractivity contribution in [3.8, 4) is 0 Å². The molecule has 0 saturated carbocycles. The van der Waals surface area contributed by atoms with Gasteiger partial charge in [-0.15, -0.1) is 35.3 Å². The van der Waals surface area contributed by atoms with E-state index in [4.69, 9.17) is 0 Å². The minimum atomic E-state index is 0. The largest absolute Gasteiger partial charge is 0.356 e. The highest BCUT2D eigenvalue weighted by molar-refractivity contribution is 14.0. The van der Waals surface area contributed by atoms with Crippen LogP contribution >= 0.6 is 35.3 Å². The lowest BCUT2D eigenvalue weighted by atomic mass is 10.1. The summed E-state index contributed by atoms with van der Waals surface area (Å²) in [5.41, 5.74) is 3.84. The van der Waals surface area contributed by atoms with Gasteiger partial charge in [-0.25, -0.2) is 4.98 Å². The van der Waals surface area contributed by atoms with E-state index in [9.17, 15) is 0 Å². The number of rotatable bonds is 6. The topological polar surface area (TPSA) is 49.3 Å². The second kappa shape index (κ2) is 10.6. The van der Waals surface area contributed by atoms with Crippen LogP contribution in [0.25, 0.3) is 0 Å². The van der Waals surface area contributed by atoms with E-state index in [-0.39, 0.29) is 24.0 Å². The third-order valence-corrected chi connectivity index (χ3v) is 4.33. The van der Waals surface area contributed by atoms with Gasteiger partial charge >= 0.3 is 0 Å². The first-order chi connectivity index (χ1) is 10.7. The second-order valence-electron chi connectivity index (χ2n) is 5.08. The van der Waals surface area contributed by atoms with Crippen LogP contribution in [0.3, 0.4) is 0 Å². The van der Waals surface area contributed by atoms with Crippen molar-refractivity contribution in [2.24, 2.45) is 4.99 Å². The molecule has 0 unspecified atom stereocenters. The number of aryl methyl sites for hydroxylation is 2. The molecule has 4 nitrogen and oxygen atoms in total. The van der Waals surface area contributed by atoms with Crippen molar-refractivity contribution in [1.29, 1.82) is 0 Å². The third-order valence-electron chi connectivity index (χ3n) is 3.51. The Kier molecular flexibility index (Phi) is 9.16. The van der Waals surface area contributed by atoms with Crippen molar-refractivity contribution in [1.82, 2.24) is 15.6 Å². The molecule has 2 rings (SSSR count). The number of halogens is 1. The monoisotopic (exact) mass is 444 g/mol. The van der Waals surface area contributed by atoms with Gasteiger partial charge in [0, 0.05) is 31.9 Å². The Morgan fingerprint density at radius 1 is 1.22 bits per heavy atom. The Hall–Kier alpha value is -1.15. The van der Waals surface area contributed by atoms with E-state index in [2.05, 4.69) is 57.2 Å². The molecule has 0 bridgehead atoms. The number of thiazole rings is 1. The number of benzene rings is 1. The molecule has 23 heavy (non-hydrogen) atoms. The molecule has 0 aliphatic carbocycles. The van der Waals surface area contributed by atoms with Crippen LogP contribution in [-0.4, -0.2) is 24.5 Å². The number of nitrogens with zero attached hydrogens (tertiary/aromatic N) is 2. The third kappa shape index (κ3) is 6.47. The van der Waals surface area contributed by atoms with E-state index < -0.39 is 0 Å². The lowest BCUT2D eigenvalue weighted by Crippen LogP contribution is -2.38. The smallest absolute Gasteiger partial charge is 0.191 e. The SMILES string of the molecule is CCc1ccccc1CNC(=NC)NCCc1csc(C)n1.I. The molecule has 0 radical (unpaired) electrons. The Balaban J connectivity index is 0.00000264. The van der Waals surface area contributed by atoms with Crippen molar-refractivity contribution in [3.05, 3.63) is 51.5 Å². The Morgan fingerprint density at radius 3 is 2.57 bits per heavy atom. The summed E-state index contributed by atoms with van der Waals surface area (Å²) in [5, 5.41) is 9.95. The van der Waals surface area contributed by atoms with Crippen LogP contribution in [-0.2, 0) is 19.4 Å². The molecule has 1 aromatic carbocycles. The van der Waals surface area contributed by atoms with Gasteiger partial charge in [-0.3, -0.25) is 4.99 Å². The lowest BCUT2D eigenvalue weighted by Gasteiger charge is -2.13. The van der Waals surface area contributed by atoms with Gasteiger partial charge < -0.3 is 10.6 Å². The van der Waals surface area contributed by atoms with Gasteiger partial charge in [-0.1, -0.05) is 31.2 Å². The van der Waals surface area contributed by atoms with Crippen LogP contribution in [0.4, 0.5) is 0 Å². The number of hydrogen-bond acceptors (Lipinski definition) is 3. The van der Waals surface area contributed by atoms with E-state index in [1.165, 1.54) is 11.1 Å². The molecule has 2 aromatic rings. The van der Waals surface area contributed by atoms with Crippen LogP contribution in [0.1, 0.15) is 28.8 Å². The molecule has 6 heteroatoms. The predicted octanol–water partition coefficient (Wildman–Crippen LogP) is 3.54. The summed E-state index contributed by atoms with van der Waals surface area (Å²) in [6.07, 6.45) is 1.96. The van der Waals surface area contributed by atoms with Gasteiger partial charge in [-0.2, -0.15) is 0 Å². The van der Waals surface area contributed by atoms with Gasteiger partial charge in [0.25, 0.3) is 0 Å². The highest BCUT2D eigenvalue weighted by Crippen LogP contribution is 2.09. The summed E-state index contributed by atoms with van der Waals surface area (Å²) >= 11 is 1.70. The number of nitrogens with one attached hydrogen (secondary N) is 2. The van der Waals surface area contributed by atoms with Crippen molar-refractivity contribution in [3.63, 3.8) is 0 Å². The van der Waals surface area contributed by atoms with Gasteiger partial charge in [-0.05, 0) is 24.5 Å². The van der Waals surface area contributed by atoms with E-state index in [0.717, 1.165) is 42.6 Å². The van der Waals surface area contributed by atoms with Crippen LogP contribution in [0.5, 0.6) is 0 Å². The second-order valence-corrected chi connectivity index (χ2v) is 6.14. The van der Waals surface area contributed by atoms with Gasteiger partial charge in [0.2, 0.25) is 0 Å². The Morgan fingerprint density at radius 2 is 1.96 bits per heavy atom. The molecule has 0 saturated heterocycles. The average molecular weight is 444 g/mol. The maximum atomic E-state index is 4.47. The van der Waals surface area contributed by atoms with Crippen LogP contribution in [0, 0.1) is 6.92 Å². The van der Waals surface area contributed by atoms with E-state index in [0.29, 0.717) is 0 Å². The molecule has 1 heterocycles. The summed E-state index contributed by atoms with van der Waals surface area (Å²) in [7, 11) is 1.80. The standard InChI is InChI=1S/C17H24N4S.HI/c1-4-14-7-5-6-8-15(14)11-20-17(18-3)19-10-9-16-12-22-13(2)21-16;/h5-8,12H,4,9-11H2,1-3H3,(H2,18,19,20);1H. The Labute approximate surface area is 159 Å². The zero-order valence-corrected chi connectivity index (χ0v) is 17.1. The zero-order valence-electron chi connectivity index (χ0n) is 13.9. The maximum absolute atomic E-state index is 4.47. The highest BCUT2D eigenvalue weighted by Gasteiger charge is 2.03. The summed E-state index contributed by atoms with van der Waals surface area (Å²) in [4.78, 5) is 8.74. The maximum Gasteiger partial charge on any atom is 0.191 e. The number of aliphatic imine (C=N–C) groups is 1. The quantitative estimate of drug-likeness (QED) is 0.407. The first kappa shape index (κ1) is 19.9. The van der Waals surface area contributed by atoms with Crippen molar-refractivity contribution in [2.45, 2.75) is 33.2 Å². The molecule has 1 aromatic heterocycles. The molecular weight excluding hydrogens is 419 g/mol. The van der Waals surface area contributed by atoms with E-state index in [1.54, 1.807) is 18.4 Å². The minimum Gasteiger partial charge on any atom is -0.356 e. The molecule has 0 spiro atoms. The van der Waals surface area contributed by atoms with Gasteiger partial charge in [0.05, 0.1) is 10.7 Å². The molecule has 2 N–H and O–H groups in total. The lowest BCUT2D eigenvalue weighted by molar-refractivity contribution is 0.782. The van der Waals surface area contributed by atoms with Crippen molar-refractivity contribution < 1.29 is 0 Å². The predicted molar refractivity (Wildman–Crippen MR) is 110 cm³/mol. The zero-order chi connectivity index (χ0) is 15.8. The van der Waals surface area contributed by atoms with Crippen molar-refractivity contribution in [2.75, 3.05) is 13.6 Å². The minimum absolute atomic E-state index is 0. The number of guanidine groups is 1. The van der Waals surface area contributed by atoms with Crippen LogP contribution < -0.4 is 10.6 Å². The molecule has 126 valence electrons. The normalized spacial score (nSPS) is 11.0. The molecular formula is C17H25IN4S.